The minimum Gasteiger partial charge on any atom is -0.321 e. The lowest BCUT2D eigenvalue weighted by Gasteiger charge is -2.07. The van der Waals surface area contributed by atoms with Crippen LogP contribution in [-0.2, 0) is 10.0 Å². The summed E-state index contributed by atoms with van der Waals surface area (Å²) in [6.07, 6.45) is 0. The Balaban J connectivity index is 2.31. The van der Waals surface area contributed by atoms with E-state index < -0.39 is 10.0 Å². The van der Waals surface area contributed by atoms with Crippen LogP contribution in [0.25, 0.3) is 0 Å². The minimum atomic E-state index is -3.79. The highest BCUT2D eigenvalue weighted by Crippen LogP contribution is 2.26. The van der Waals surface area contributed by atoms with Gasteiger partial charge in [0.25, 0.3) is 5.91 Å². The molecule has 1 aromatic heterocycles. The monoisotopic (exact) mass is 324 g/mol. The Labute approximate surface area is 127 Å². The van der Waals surface area contributed by atoms with Crippen molar-refractivity contribution in [2.45, 2.75) is 25.0 Å². The number of benzene rings is 1. The molecule has 0 saturated heterocycles. The molecule has 7 heteroatoms. The molecule has 1 heterocycles. The van der Waals surface area contributed by atoms with Crippen LogP contribution in [0.3, 0.4) is 0 Å². The number of hydrogen-bond donors (Lipinski definition) is 2. The zero-order valence-corrected chi connectivity index (χ0v) is 13.6. The Morgan fingerprint density at radius 1 is 1.10 bits per heavy atom. The summed E-state index contributed by atoms with van der Waals surface area (Å²) in [7, 11) is -3.79. The van der Waals surface area contributed by atoms with Crippen LogP contribution in [0.2, 0.25) is 0 Å². The van der Waals surface area contributed by atoms with Crippen molar-refractivity contribution in [1.29, 1.82) is 0 Å². The first kappa shape index (κ1) is 15.7. The van der Waals surface area contributed by atoms with Gasteiger partial charge >= 0.3 is 0 Å². The molecule has 0 unspecified atom stereocenters. The fraction of sp³-hybridized carbons (Fsp3) is 0.214. The van der Waals surface area contributed by atoms with Crippen LogP contribution in [0.5, 0.6) is 0 Å². The first-order valence-electron chi connectivity index (χ1n) is 6.19. The van der Waals surface area contributed by atoms with Crippen molar-refractivity contribution < 1.29 is 13.2 Å². The van der Waals surface area contributed by atoms with Gasteiger partial charge in [0.05, 0.1) is 4.88 Å². The van der Waals surface area contributed by atoms with Crippen molar-refractivity contribution in [3.05, 3.63) is 45.8 Å². The predicted molar refractivity (Wildman–Crippen MR) is 84.3 cm³/mol. The Morgan fingerprint density at radius 2 is 1.67 bits per heavy atom. The lowest BCUT2D eigenvalue weighted by Crippen LogP contribution is -2.12. The van der Waals surface area contributed by atoms with Crippen LogP contribution in [0.15, 0.2) is 28.5 Å². The summed E-state index contributed by atoms with van der Waals surface area (Å²) in [5, 5.41) is 7.86. The number of anilines is 1. The van der Waals surface area contributed by atoms with Crippen LogP contribution in [0.1, 0.15) is 26.4 Å². The molecule has 0 fully saturated rings. The highest BCUT2D eigenvalue weighted by atomic mass is 32.2. The van der Waals surface area contributed by atoms with E-state index in [9.17, 15) is 13.2 Å². The molecule has 2 aromatic rings. The van der Waals surface area contributed by atoms with Gasteiger partial charge < -0.3 is 5.32 Å². The molecular weight excluding hydrogens is 308 g/mol. The van der Waals surface area contributed by atoms with Crippen LogP contribution >= 0.6 is 11.3 Å². The molecule has 0 bridgehead atoms. The number of nitrogens with two attached hydrogens (primary N) is 1. The smallest absolute Gasteiger partial charge is 0.266 e. The fourth-order valence-electron chi connectivity index (χ4n) is 2.05. The van der Waals surface area contributed by atoms with Gasteiger partial charge in [-0.15, -0.1) is 11.3 Å². The number of nitrogens with one attached hydrogen (secondary N) is 1. The topological polar surface area (TPSA) is 89.3 Å². The standard InChI is InChI=1S/C14H16N2O3S2/c1-8-4-9(2)6-11(5-8)16-14(17)13-10(3)7-12(20-13)21(15,18)19/h4-7H,1-3H3,(H,16,17)(H2,15,18,19). The zero-order valence-electron chi connectivity index (χ0n) is 11.9. The van der Waals surface area contributed by atoms with E-state index in [1.54, 1.807) is 6.92 Å². The lowest BCUT2D eigenvalue weighted by molar-refractivity contribution is 0.103. The lowest BCUT2D eigenvalue weighted by atomic mass is 10.1. The molecule has 112 valence electrons. The molecule has 1 aromatic carbocycles. The number of aryl methyl sites for hydroxylation is 3. The van der Waals surface area contributed by atoms with E-state index in [4.69, 9.17) is 5.14 Å². The molecular formula is C14H16N2O3S2. The van der Waals surface area contributed by atoms with E-state index in [2.05, 4.69) is 5.32 Å². The van der Waals surface area contributed by atoms with Gasteiger partial charge in [0.15, 0.2) is 0 Å². The van der Waals surface area contributed by atoms with Crippen LogP contribution < -0.4 is 10.5 Å². The molecule has 0 aliphatic heterocycles. The third-order valence-electron chi connectivity index (χ3n) is 2.86. The van der Waals surface area contributed by atoms with Crippen molar-refractivity contribution in [2.24, 2.45) is 5.14 Å². The van der Waals surface area contributed by atoms with E-state index in [-0.39, 0.29) is 10.1 Å². The molecule has 21 heavy (non-hydrogen) atoms. The Morgan fingerprint density at radius 3 is 2.14 bits per heavy atom. The van der Waals surface area contributed by atoms with Crippen molar-refractivity contribution in [1.82, 2.24) is 0 Å². The third-order valence-corrected chi connectivity index (χ3v) is 5.52. The number of amides is 1. The van der Waals surface area contributed by atoms with E-state index in [0.717, 1.165) is 22.5 Å². The summed E-state index contributed by atoms with van der Waals surface area (Å²) in [5.41, 5.74) is 3.35. The Hall–Kier alpha value is -1.70. The van der Waals surface area contributed by atoms with Crippen LogP contribution in [0.4, 0.5) is 5.69 Å². The largest absolute Gasteiger partial charge is 0.321 e. The fourth-order valence-corrected chi connectivity index (χ4v) is 3.91. The normalized spacial score (nSPS) is 11.4. The average molecular weight is 324 g/mol. The SMILES string of the molecule is Cc1cc(C)cc(NC(=O)c2sc(S(N)(=O)=O)cc2C)c1. The molecule has 0 aliphatic rings. The van der Waals surface area contributed by atoms with Gasteiger partial charge in [0, 0.05) is 5.69 Å². The van der Waals surface area contributed by atoms with E-state index >= 15 is 0 Å². The second-order valence-electron chi connectivity index (χ2n) is 4.95. The minimum absolute atomic E-state index is 0.00873. The molecule has 0 saturated carbocycles. The maximum Gasteiger partial charge on any atom is 0.266 e. The summed E-state index contributed by atoms with van der Waals surface area (Å²) < 4.78 is 22.6. The highest BCUT2D eigenvalue weighted by molar-refractivity contribution is 7.91. The Kier molecular flexibility index (Phi) is 4.18. The number of primary sulfonamides is 1. The molecule has 0 atom stereocenters. The summed E-state index contributed by atoms with van der Waals surface area (Å²) >= 11 is 0.877. The van der Waals surface area contributed by atoms with Crippen molar-refractivity contribution in [2.75, 3.05) is 5.32 Å². The number of thiophene rings is 1. The van der Waals surface area contributed by atoms with E-state index in [1.165, 1.54) is 6.07 Å². The zero-order chi connectivity index (χ0) is 15.8. The second kappa shape index (κ2) is 5.59. The summed E-state index contributed by atoms with van der Waals surface area (Å²) in [6, 6.07) is 7.13. The van der Waals surface area contributed by atoms with Crippen molar-refractivity contribution in [3.63, 3.8) is 0 Å². The number of hydrogen-bond acceptors (Lipinski definition) is 4. The number of carbonyl (C=O) groups is 1. The predicted octanol–water partition coefficient (Wildman–Crippen LogP) is 2.57. The quantitative estimate of drug-likeness (QED) is 0.909. The summed E-state index contributed by atoms with van der Waals surface area (Å²) in [5.74, 6) is -0.336. The first-order chi connectivity index (χ1) is 9.66. The maximum absolute atomic E-state index is 12.3. The van der Waals surface area contributed by atoms with E-state index in [0.29, 0.717) is 16.1 Å². The number of carbonyl (C=O) groups excluding carboxylic acids is 1. The molecule has 3 N–H and O–H groups in total. The van der Waals surface area contributed by atoms with Gasteiger partial charge in [0.2, 0.25) is 10.0 Å². The van der Waals surface area contributed by atoms with Crippen molar-refractivity contribution in [3.8, 4) is 0 Å². The van der Waals surface area contributed by atoms with Crippen LogP contribution in [-0.4, -0.2) is 14.3 Å². The van der Waals surface area contributed by atoms with Gasteiger partial charge in [-0.3, -0.25) is 4.79 Å². The average Bonchev–Trinajstić information content (AvgIpc) is 2.69. The molecule has 2 rings (SSSR count). The van der Waals surface area contributed by atoms with Crippen LogP contribution in [0, 0.1) is 20.8 Å². The molecule has 1 amide bonds. The molecule has 5 nitrogen and oxygen atoms in total. The summed E-state index contributed by atoms with van der Waals surface area (Å²) in [6.45, 7) is 5.57. The van der Waals surface area contributed by atoms with Gasteiger partial charge in [-0.2, -0.15) is 0 Å². The number of sulfonamides is 1. The summed E-state index contributed by atoms with van der Waals surface area (Å²) in [4.78, 5) is 12.6. The molecule has 0 radical (unpaired) electrons. The van der Waals surface area contributed by atoms with Gasteiger partial charge in [-0.05, 0) is 55.7 Å². The van der Waals surface area contributed by atoms with Gasteiger partial charge in [-0.1, -0.05) is 6.07 Å². The molecule has 0 aliphatic carbocycles. The maximum atomic E-state index is 12.3. The highest BCUT2D eigenvalue weighted by Gasteiger charge is 2.19. The van der Waals surface area contributed by atoms with Gasteiger partial charge in [0.1, 0.15) is 4.21 Å². The first-order valence-corrected chi connectivity index (χ1v) is 8.56. The van der Waals surface area contributed by atoms with Crippen molar-refractivity contribution >= 4 is 33.0 Å². The number of rotatable bonds is 3. The van der Waals surface area contributed by atoms with Gasteiger partial charge in [-0.25, -0.2) is 13.6 Å². The van der Waals surface area contributed by atoms with E-state index in [1.807, 2.05) is 32.0 Å². The third kappa shape index (κ3) is 3.69. The second-order valence-corrected chi connectivity index (χ2v) is 7.79. The molecule has 0 spiro atoms. The Bertz CT molecular complexity index is 787.